The van der Waals surface area contributed by atoms with Crippen molar-refractivity contribution in [3.63, 3.8) is 0 Å². The van der Waals surface area contributed by atoms with Crippen molar-refractivity contribution >= 4 is 10.9 Å². The quantitative estimate of drug-likeness (QED) is 0.815. The Morgan fingerprint density at radius 3 is 2.39 bits per heavy atom. The summed E-state index contributed by atoms with van der Waals surface area (Å²) in [5.41, 5.74) is 0.505. The van der Waals surface area contributed by atoms with Crippen LogP contribution in [0.5, 0.6) is 0 Å². The van der Waals surface area contributed by atoms with Gasteiger partial charge in [-0.25, -0.2) is 0 Å². The van der Waals surface area contributed by atoms with E-state index in [0.29, 0.717) is 5.52 Å². The predicted molar refractivity (Wildman–Crippen MR) is 64.3 cm³/mol. The Morgan fingerprint density at radius 2 is 1.83 bits per heavy atom. The molecule has 0 fully saturated rings. The summed E-state index contributed by atoms with van der Waals surface area (Å²) in [5, 5.41) is 5.89. The lowest BCUT2D eigenvalue weighted by Gasteiger charge is -2.18. The highest BCUT2D eigenvalue weighted by Gasteiger charge is 2.35. The number of rotatable bonds is 1. The summed E-state index contributed by atoms with van der Waals surface area (Å²) >= 11 is 0. The average molecular weight is 256 g/mol. The highest BCUT2D eigenvalue weighted by atomic mass is 19.4. The number of halogens is 3. The van der Waals surface area contributed by atoms with Crippen molar-refractivity contribution in [1.82, 2.24) is 10.2 Å². The standard InChI is InChI=1S/C13H15F3N2/c1-12(2,3)7-8-4-5-10-9(6-8)11(18-17-10)13(14,15)16/h4-6H,7H2,1-3H3,(H,17,18). The number of hydrogen-bond acceptors (Lipinski definition) is 1. The second-order valence-corrected chi connectivity index (χ2v) is 5.69. The molecule has 0 radical (unpaired) electrons. The Hall–Kier alpha value is -1.52. The first-order chi connectivity index (χ1) is 8.17. The Kier molecular flexibility index (Phi) is 2.87. The van der Waals surface area contributed by atoms with Crippen LogP contribution in [0.15, 0.2) is 18.2 Å². The average Bonchev–Trinajstić information content (AvgIpc) is 2.56. The molecule has 5 heteroatoms. The highest BCUT2D eigenvalue weighted by Crippen LogP contribution is 2.34. The molecule has 1 aromatic heterocycles. The van der Waals surface area contributed by atoms with Crippen LogP contribution in [0.25, 0.3) is 10.9 Å². The molecule has 98 valence electrons. The van der Waals surface area contributed by atoms with E-state index in [0.717, 1.165) is 12.0 Å². The maximum Gasteiger partial charge on any atom is 0.433 e. The molecule has 0 aliphatic carbocycles. The van der Waals surface area contributed by atoms with Gasteiger partial charge in [-0.15, -0.1) is 0 Å². The molecule has 0 atom stereocenters. The first-order valence-corrected chi connectivity index (χ1v) is 5.71. The van der Waals surface area contributed by atoms with Gasteiger partial charge in [-0.3, -0.25) is 5.10 Å². The van der Waals surface area contributed by atoms with E-state index < -0.39 is 11.9 Å². The predicted octanol–water partition coefficient (Wildman–Crippen LogP) is 4.17. The number of aromatic amines is 1. The largest absolute Gasteiger partial charge is 0.433 e. The van der Waals surface area contributed by atoms with E-state index in [1.54, 1.807) is 12.1 Å². The summed E-state index contributed by atoms with van der Waals surface area (Å²) in [6.07, 6.45) is -3.67. The topological polar surface area (TPSA) is 28.7 Å². The van der Waals surface area contributed by atoms with Gasteiger partial charge in [0, 0.05) is 5.39 Å². The van der Waals surface area contributed by atoms with E-state index >= 15 is 0 Å². The maximum absolute atomic E-state index is 12.7. The zero-order valence-electron chi connectivity index (χ0n) is 10.5. The fourth-order valence-electron chi connectivity index (χ4n) is 2.00. The molecule has 1 heterocycles. The van der Waals surface area contributed by atoms with E-state index in [9.17, 15) is 13.2 Å². The fraction of sp³-hybridized carbons (Fsp3) is 0.462. The molecule has 0 aliphatic rings. The lowest BCUT2D eigenvalue weighted by molar-refractivity contribution is -0.139. The minimum atomic E-state index is -4.39. The minimum Gasteiger partial charge on any atom is -0.272 e. The summed E-state index contributed by atoms with van der Waals surface area (Å²) in [5.74, 6) is 0. The number of benzene rings is 1. The molecule has 1 aromatic carbocycles. The highest BCUT2D eigenvalue weighted by molar-refractivity contribution is 5.82. The number of aromatic nitrogens is 2. The molecule has 18 heavy (non-hydrogen) atoms. The number of hydrogen-bond donors (Lipinski definition) is 1. The number of H-pyrrole nitrogens is 1. The lowest BCUT2D eigenvalue weighted by atomic mass is 9.88. The smallest absolute Gasteiger partial charge is 0.272 e. The maximum atomic E-state index is 12.7. The van der Waals surface area contributed by atoms with E-state index in [-0.39, 0.29) is 10.8 Å². The van der Waals surface area contributed by atoms with Gasteiger partial charge < -0.3 is 0 Å². The van der Waals surface area contributed by atoms with Crippen molar-refractivity contribution in [3.05, 3.63) is 29.5 Å². The van der Waals surface area contributed by atoms with Crippen LogP contribution in [0.1, 0.15) is 32.0 Å². The SMILES string of the molecule is CC(C)(C)Cc1ccc2n[nH]c(C(F)(F)F)c2c1. The van der Waals surface area contributed by atoms with Crippen molar-refractivity contribution in [2.75, 3.05) is 0 Å². The third-order valence-electron chi connectivity index (χ3n) is 2.64. The first-order valence-electron chi connectivity index (χ1n) is 5.71. The van der Waals surface area contributed by atoms with Crippen molar-refractivity contribution in [2.24, 2.45) is 5.41 Å². The fourth-order valence-corrected chi connectivity index (χ4v) is 2.00. The third-order valence-corrected chi connectivity index (χ3v) is 2.64. The number of nitrogens with one attached hydrogen (secondary N) is 1. The first kappa shape index (κ1) is 12.9. The second-order valence-electron chi connectivity index (χ2n) is 5.69. The van der Waals surface area contributed by atoms with Gasteiger partial charge in [-0.1, -0.05) is 26.8 Å². The zero-order valence-corrected chi connectivity index (χ0v) is 10.5. The Labute approximate surface area is 103 Å². The summed E-state index contributed by atoms with van der Waals surface area (Å²) in [6.45, 7) is 6.16. The second kappa shape index (κ2) is 4.00. The van der Waals surface area contributed by atoms with Crippen LogP contribution < -0.4 is 0 Å². The van der Waals surface area contributed by atoms with Gasteiger partial charge in [-0.2, -0.15) is 18.3 Å². The summed E-state index contributed by atoms with van der Waals surface area (Å²) in [6, 6.07) is 5.03. The van der Waals surface area contributed by atoms with Crippen LogP contribution in [0.4, 0.5) is 13.2 Å². The Morgan fingerprint density at radius 1 is 1.17 bits per heavy atom. The molecule has 2 nitrogen and oxygen atoms in total. The Balaban J connectivity index is 2.49. The van der Waals surface area contributed by atoms with E-state index in [1.807, 2.05) is 6.07 Å². The molecule has 0 bridgehead atoms. The lowest BCUT2D eigenvalue weighted by Crippen LogP contribution is -2.09. The number of fused-ring (bicyclic) bond motifs is 1. The normalized spacial score (nSPS) is 13.2. The van der Waals surface area contributed by atoms with Crippen LogP contribution in [-0.2, 0) is 12.6 Å². The van der Waals surface area contributed by atoms with Gasteiger partial charge in [0.25, 0.3) is 0 Å². The molecule has 2 aromatic rings. The summed E-state index contributed by atoms with van der Waals surface area (Å²) in [7, 11) is 0. The van der Waals surface area contributed by atoms with E-state index in [4.69, 9.17) is 0 Å². The van der Waals surface area contributed by atoms with Crippen molar-refractivity contribution in [3.8, 4) is 0 Å². The third kappa shape index (κ3) is 2.66. The monoisotopic (exact) mass is 256 g/mol. The molecular weight excluding hydrogens is 241 g/mol. The number of alkyl halides is 3. The van der Waals surface area contributed by atoms with Gasteiger partial charge in [0.15, 0.2) is 0 Å². The van der Waals surface area contributed by atoms with E-state index in [2.05, 4.69) is 31.0 Å². The molecule has 0 saturated heterocycles. The molecule has 0 spiro atoms. The van der Waals surface area contributed by atoms with Gasteiger partial charge in [-0.05, 0) is 29.5 Å². The van der Waals surface area contributed by atoms with Crippen LogP contribution in [0, 0.1) is 5.41 Å². The van der Waals surface area contributed by atoms with Crippen molar-refractivity contribution in [2.45, 2.75) is 33.4 Å². The van der Waals surface area contributed by atoms with Crippen molar-refractivity contribution < 1.29 is 13.2 Å². The summed E-state index contributed by atoms with van der Waals surface area (Å²) < 4.78 is 38.2. The van der Waals surface area contributed by atoms with Crippen LogP contribution in [-0.4, -0.2) is 10.2 Å². The van der Waals surface area contributed by atoms with Crippen LogP contribution >= 0.6 is 0 Å². The van der Waals surface area contributed by atoms with Crippen LogP contribution in [0.3, 0.4) is 0 Å². The van der Waals surface area contributed by atoms with Gasteiger partial charge in [0.2, 0.25) is 0 Å². The molecule has 0 amide bonds. The molecule has 0 aliphatic heterocycles. The molecule has 1 N–H and O–H groups in total. The molecular formula is C13H15F3N2. The summed E-state index contributed by atoms with van der Waals surface area (Å²) in [4.78, 5) is 0. The van der Waals surface area contributed by atoms with Gasteiger partial charge >= 0.3 is 6.18 Å². The van der Waals surface area contributed by atoms with Crippen LogP contribution in [0.2, 0.25) is 0 Å². The van der Waals surface area contributed by atoms with Crippen molar-refractivity contribution in [1.29, 1.82) is 0 Å². The zero-order chi connectivity index (χ0) is 13.6. The minimum absolute atomic E-state index is 0.0375. The molecule has 2 rings (SSSR count). The molecule has 0 unspecified atom stereocenters. The molecule has 0 saturated carbocycles. The number of nitrogens with zero attached hydrogens (tertiary/aromatic N) is 1. The Bertz CT molecular complexity index is 562. The van der Waals surface area contributed by atoms with Gasteiger partial charge in [0.05, 0.1) is 5.52 Å². The van der Waals surface area contributed by atoms with E-state index in [1.165, 1.54) is 0 Å². The van der Waals surface area contributed by atoms with Gasteiger partial charge in [0.1, 0.15) is 5.69 Å².